The van der Waals surface area contributed by atoms with Gasteiger partial charge in [0.1, 0.15) is 16.1 Å². The van der Waals surface area contributed by atoms with Crippen molar-refractivity contribution in [3.8, 4) is 0 Å². The smallest absolute Gasteiger partial charge is 0.0897 e. The molecule has 0 radical (unpaired) electrons. The Morgan fingerprint density at radius 3 is 1.11 bits per heavy atom. The van der Waals surface area contributed by atoms with Gasteiger partial charge in [-0.1, -0.05) is 145 Å². The zero-order valence-electron chi connectivity index (χ0n) is 17.4. The van der Waals surface area contributed by atoms with Crippen LogP contribution in [0.25, 0.3) is 12.2 Å². The summed E-state index contributed by atoms with van der Waals surface area (Å²) in [7, 11) is -3.08. The monoisotopic (exact) mass is 398 g/mol. The Hall–Kier alpha value is -2.43. The van der Waals surface area contributed by atoms with Gasteiger partial charge in [-0.2, -0.15) is 0 Å². The van der Waals surface area contributed by atoms with Crippen molar-refractivity contribution in [3.63, 3.8) is 0 Å². The Kier molecular flexibility index (Phi) is 6.33. The fourth-order valence-corrected chi connectivity index (χ4v) is 6.96. The van der Waals surface area contributed by atoms with Crippen molar-refractivity contribution in [1.82, 2.24) is 0 Å². The summed E-state index contributed by atoms with van der Waals surface area (Å²) in [5.41, 5.74) is 7.40. The van der Waals surface area contributed by atoms with E-state index in [1.807, 2.05) is 0 Å². The van der Waals surface area contributed by atoms with Crippen LogP contribution in [0.1, 0.15) is 11.1 Å². The van der Waals surface area contributed by atoms with Gasteiger partial charge in [0, 0.05) is 0 Å². The lowest BCUT2D eigenvalue weighted by Gasteiger charge is -2.18. The molecule has 28 heavy (non-hydrogen) atoms. The average Bonchev–Trinajstić information content (AvgIpc) is 2.73. The molecule has 2 heteroatoms. The van der Waals surface area contributed by atoms with E-state index in [4.69, 9.17) is 0 Å². The van der Waals surface area contributed by atoms with Crippen LogP contribution in [-0.2, 0) is 0 Å². The number of hydrogen-bond acceptors (Lipinski definition) is 0. The molecule has 0 aliphatic heterocycles. The van der Waals surface area contributed by atoms with Crippen LogP contribution >= 0.6 is 0 Å². The van der Waals surface area contributed by atoms with E-state index in [0.29, 0.717) is 0 Å². The lowest BCUT2D eigenvalue weighted by molar-refractivity contribution is 1.62. The molecule has 0 aliphatic rings. The molecule has 0 saturated carbocycles. The first-order chi connectivity index (χ1) is 13.4. The van der Waals surface area contributed by atoms with Crippen LogP contribution in [0.3, 0.4) is 0 Å². The van der Waals surface area contributed by atoms with Gasteiger partial charge in [-0.05, 0) is 11.1 Å². The van der Waals surface area contributed by atoms with Crippen molar-refractivity contribution < 1.29 is 0 Å². The Balaban J connectivity index is 1.70. The summed E-state index contributed by atoms with van der Waals surface area (Å²) in [4.78, 5) is 0. The molecule has 0 bridgehead atoms. The summed E-state index contributed by atoms with van der Waals surface area (Å²) >= 11 is 0. The molecule has 0 aliphatic carbocycles. The highest BCUT2D eigenvalue weighted by Gasteiger charge is 2.19. The first-order valence-electron chi connectivity index (χ1n) is 9.96. The molecular weight excluding hydrogens is 368 g/mol. The highest BCUT2D eigenvalue weighted by Crippen LogP contribution is 2.13. The molecule has 0 atom stereocenters. The third kappa shape index (κ3) is 5.31. The standard InChI is InChI=1S/C26H30Si2/c1-27(2,25-11-7-5-8-12-25)21-19-23-15-17-24(18-16-23)20-22-28(3,4)26-13-9-6-10-14-26/h5-22H,1-4H3/b21-19-,22-20+. The predicted molar refractivity (Wildman–Crippen MR) is 132 cm³/mol. The molecule has 0 fully saturated rings. The highest BCUT2D eigenvalue weighted by atomic mass is 28.3. The van der Waals surface area contributed by atoms with Crippen molar-refractivity contribution >= 4 is 38.7 Å². The summed E-state index contributed by atoms with van der Waals surface area (Å²) < 4.78 is 0. The lowest BCUT2D eigenvalue weighted by Crippen LogP contribution is -2.39. The summed E-state index contributed by atoms with van der Waals surface area (Å²) in [5, 5.41) is 2.94. The Morgan fingerprint density at radius 2 is 0.786 bits per heavy atom. The summed E-state index contributed by atoms with van der Waals surface area (Å²) in [6.07, 6.45) is 4.57. The van der Waals surface area contributed by atoms with E-state index in [1.54, 1.807) is 0 Å². The van der Waals surface area contributed by atoms with Gasteiger partial charge in [0.05, 0.1) is 0 Å². The molecule has 0 aromatic heterocycles. The van der Waals surface area contributed by atoms with Crippen molar-refractivity contribution in [1.29, 1.82) is 0 Å². The second kappa shape index (κ2) is 8.72. The first-order valence-corrected chi connectivity index (χ1v) is 16.1. The second-order valence-corrected chi connectivity index (χ2v) is 17.2. The van der Waals surface area contributed by atoms with E-state index in [9.17, 15) is 0 Å². The summed E-state index contributed by atoms with van der Waals surface area (Å²) in [6.45, 7) is 9.58. The molecule has 3 aromatic carbocycles. The third-order valence-corrected chi connectivity index (χ3v) is 11.0. The Labute approximate surface area is 172 Å². The highest BCUT2D eigenvalue weighted by molar-refractivity contribution is 6.94. The van der Waals surface area contributed by atoms with Crippen molar-refractivity contribution in [2.75, 3.05) is 0 Å². The van der Waals surface area contributed by atoms with Gasteiger partial charge >= 0.3 is 0 Å². The molecule has 0 amide bonds. The van der Waals surface area contributed by atoms with E-state index in [0.717, 1.165) is 0 Å². The summed E-state index contributed by atoms with van der Waals surface area (Å²) in [5.74, 6) is 0. The maximum Gasteiger partial charge on any atom is 0.104 e. The number of hydrogen-bond donors (Lipinski definition) is 0. The normalized spacial score (nSPS) is 12.7. The zero-order valence-corrected chi connectivity index (χ0v) is 19.4. The van der Waals surface area contributed by atoms with Gasteiger partial charge in [0.15, 0.2) is 0 Å². The number of rotatable bonds is 6. The molecule has 3 rings (SSSR count). The van der Waals surface area contributed by atoms with Crippen molar-refractivity contribution in [3.05, 3.63) is 107 Å². The fourth-order valence-electron chi connectivity index (χ4n) is 3.26. The molecule has 0 saturated heterocycles. The van der Waals surface area contributed by atoms with Gasteiger partial charge in [0.2, 0.25) is 0 Å². The van der Waals surface area contributed by atoms with Crippen LogP contribution in [0.5, 0.6) is 0 Å². The molecule has 0 N–H and O–H groups in total. The van der Waals surface area contributed by atoms with E-state index >= 15 is 0 Å². The minimum absolute atomic E-state index is 1.27. The Morgan fingerprint density at radius 1 is 0.464 bits per heavy atom. The van der Waals surface area contributed by atoms with Gasteiger partial charge in [0.25, 0.3) is 0 Å². The molecule has 0 spiro atoms. The van der Waals surface area contributed by atoms with E-state index < -0.39 is 16.1 Å². The largest absolute Gasteiger partial charge is 0.104 e. The maximum atomic E-state index is 2.43. The van der Waals surface area contributed by atoms with Gasteiger partial charge in [-0.25, -0.2) is 0 Å². The summed E-state index contributed by atoms with van der Waals surface area (Å²) in [6, 6.07) is 30.6. The number of benzene rings is 3. The van der Waals surface area contributed by atoms with Gasteiger partial charge < -0.3 is 0 Å². The average molecular weight is 399 g/mol. The van der Waals surface area contributed by atoms with Crippen molar-refractivity contribution in [2.45, 2.75) is 26.2 Å². The molecular formula is C26H30Si2. The molecule has 142 valence electrons. The van der Waals surface area contributed by atoms with Crippen LogP contribution in [0.4, 0.5) is 0 Å². The van der Waals surface area contributed by atoms with Crippen LogP contribution in [0.15, 0.2) is 96.3 Å². The van der Waals surface area contributed by atoms with Crippen LogP contribution in [-0.4, -0.2) is 16.1 Å². The van der Waals surface area contributed by atoms with Gasteiger partial charge in [-0.15, -0.1) is 0 Å². The molecule has 0 heterocycles. The second-order valence-electron chi connectivity index (χ2n) is 8.51. The quantitative estimate of drug-likeness (QED) is 0.445. The lowest BCUT2D eigenvalue weighted by atomic mass is 10.1. The van der Waals surface area contributed by atoms with Crippen LogP contribution in [0.2, 0.25) is 26.2 Å². The predicted octanol–water partition coefficient (Wildman–Crippen LogP) is 6.02. The Bertz CT molecular complexity index is 854. The fraction of sp³-hybridized carbons (Fsp3) is 0.154. The molecule has 0 unspecified atom stereocenters. The minimum atomic E-state index is -1.54. The van der Waals surface area contributed by atoms with E-state index in [2.05, 4.69) is 135 Å². The van der Waals surface area contributed by atoms with Gasteiger partial charge in [-0.3, -0.25) is 0 Å². The van der Waals surface area contributed by atoms with Crippen LogP contribution in [0, 0.1) is 0 Å². The molecule has 3 aromatic rings. The van der Waals surface area contributed by atoms with Crippen LogP contribution < -0.4 is 10.4 Å². The topological polar surface area (TPSA) is 0 Å². The molecule has 0 nitrogen and oxygen atoms in total. The third-order valence-electron chi connectivity index (χ3n) is 5.36. The first kappa shape index (κ1) is 20.3. The minimum Gasteiger partial charge on any atom is -0.0897 e. The maximum absolute atomic E-state index is 2.43. The zero-order chi connectivity index (χ0) is 20.0. The van der Waals surface area contributed by atoms with Crippen molar-refractivity contribution in [2.24, 2.45) is 0 Å². The SMILES string of the molecule is C[Si](C)(/C=C\c1ccc(/C=C/[Si](C)(C)c2ccccc2)cc1)c1ccccc1. The van der Waals surface area contributed by atoms with E-state index in [-0.39, 0.29) is 0 Å². The van der Waals surface area contributed by atoms with E-state index in [1.165, 1.54) is 21.5 Å².